The van der Waals surface area contributed by atoms with Crippen LogP contribution in [0.25, 0.3) is 55.2 Å². The zero-order valence-corrected chi connectivity index (χ0v) is 39.0. The number of benzene rings is 9. The summed E-state index contributed by atoms with van der Waals surface area (Å²) in [6.45, 7) is 13.7. The van der Waals surface area contributed by atoms with Gasteiger partial charge in [0.15, 0.2) is 0 Å². The molecule has 9 aromatic carbocycles. The van der Waals surface area contributed by atoms with Crippen LogP contribution in [0.5, 0.6) is 0 Å². The summed E-state index contributed by atoms with van der Waals surface area (Å²) in [5.74, 6) is 0. The summed E-state index contributed by atoms with van der Waals surface area (Å²) in [6.07, 6.45) is 0. The average molecular weight is 862 g/mol. The van der Waals surface area contributed by atoms with Gasteiger partial charge in [0.25, 0.3) is 6.71 Å². The number of rotatable bonds is 5. The van der Waals surface area contributed by atoms with Crippen molar-refractivity contribution in [1.29, 1.82) is 0 Å². The topological polar surface area (TPSA) is 19.4 Å². The normalized spacial score (nSPS) is 13.1. The molecule has 2 aliphatic rings. The number of fused-ring (bicyclic) bond motifs is 6. The van der Waals surface area contributed by atoms with Gasteiger partial charge in [-0.3, -0.25) is 0 Å². The quantitative estimate of drug-likeness (QED) is 0.161. The minimum Gasteiger partial charge on any atom is -0.311 e. The van der Waals surface area contributed by atoms with Crippen LogP contribution in [-0.4, -0.2) is 11.7 Å². The monoisotopic (exact) mass is 861 g/mol. The van der Waals surface area contributed by atoms with Crippen molar-refractivity contribution >= 4 is 78.8 Å². The molecule has 0 spiro atoms. The molecule has 0 N–H and O–H groups in total. The summed E-state index contributed by atoms with van der Waals surface area (Å²) in [4.78, 5) is 10.4. The van der Waals surface area contributed by atoms with E-state index in [-0.39, 0.29) is 17.5 Å². The Balaban J connectivity index is 1.21. The first-order valence-electron chi connectivity index (χ1n) is 23.6. The number of nitrogens with zero attached hydrogens (tertiary/aromatic N) is 3. The van der Waals surface area contributed by atoms with E-state index in [9.17, 15) is 0 Å². The molecule has 2 aliphatic heterocycles. The third kappa shape index (κ3) is 7.02. The first kappa shape index (κ1) is 40.8. The maximum atomic E-state index is 5.33. The Morgan fingerprint density at radius 2 is 0.701 bits per heavy atom. The van der Waals surface area contributed by atoms with Gasteiger partial charge in [-0.15, -0.1) is 0 Å². The highest BCUT2D eigenvalue weighted by Gasteiger charge is 2.44. The smallest absolute Gasteiger partial charge is 0.252 e. The second-order valence-electron chi connectivity index (χ2n) is 20.5. The van der Waals surface area contributed by atoms with Crippen molar-refractivity contribution in [2.24, 2.45) is 0 Å². The molecule has 0 bridgehead atoms. The molecule has 3 heterocycles. The van der Waals surface area contributed by atoms with Gasteiger partial charge in [-0.25, -0.2) is 4.98 Å². The molecular formula is C63H52BN3. The summed E-state index contributed by atoms with van der Waals surface area (Å²) in [5.41, 5.74) is 19.9. The molecule has 0 aliphatic carbocycles. The van der Waals surface area contributed by atoms with Crippen molar-refractivity contribution in [2.45, 2.75) is 52.4 Å². The summed E-state index contributed by atoms with van der Waals surface area (Å²) in [7, 11) is 0. The van der Waals surface area contributed by atoms with Crippen LogP contribution in [0.1, 0.15) is 52.7 Å². The first-order chi connectivity index (χ1) is 32.5. The van der Waals surface area contributed by atoms with E-state index in [1.54, 1.807) is 0 Å². The second kappa shape index (κ2) is 15.5. The largest absolute Gasteiger partial charge is 0.311 e. The lowest BCUT2D eigenvalue weighted by atomic mass is 9.33. The van der Waals surface area contributed by atoms with Crippen molar-refractivity contribution in [1.82, 2.24) is 4.98 Å². The van der Waals surface area contributed by atoms with Crippen LogP contribution in [0.2, 0.25) is 0 Å². The molecule has 0 unspecified atom stereocenters. The fourth-order valence-electron chi connectivity index (χ4n) is 10.5. The van der Waals surface area contributed by atoms with Gasteiger partial charge in [-0.2, -0.15) is 0 Å². The summed E-state index contributed by atoms with van der Waals surface area (Å²) < 4.78 is 0. The molecule has 10 aromatic rings. The zero-order chi connectivity index (χ0) is 45.6. The van der Waals surface area contributed by atoms with Gasteiger partial charge in [0.1, 0.15) is 0 Å². The Hall–Kier alpha value is -7.69. The lowest BCUT2D eigenvalue weighted by Crippen LogP contribution is -2.61. The van der Waals surface area contributed by atoms with E-state index < -0.39 is 0 Å². The fraction of sp³-hybridized carbons (Fsp3) is 0.127. The van der Waals surface area contributed by atoms with Crippen LogP contribution in [0.3, 0.4) is 0 Å². The van der Waals surface area contributed by atoms with Gasteiger partial charge in [0.2, 0.25) is 0 Å². The van der Waals surface area contributed by atoms with Gasteiger partial charge in [0, 0.05) is 45.3 Å². The number of aromatic nitrogens is 1. The van der Waals surface area contributed by atoms with Crippen molar-refractivity contribution in [3.63, 3.8) is 0 Å². The van der Waals surface area contributed by atoms with Crippen LogP contribution < -0.4 is 26.2 Å². The van der Waals surface area contributed by atoms with Gasteiger partial charge in [-0.05, 0) is 132 Å². The van der Waals surface area contributed by atoms with E-state index in [0.717, 1.165) is 45.0 Å². The van der Waals surface area contributed by atoms with E-state index in [2.05, 4.69) is 258 Å². The summed E-state index contributed by atoms with van der Waals surface area (Å²) >= 11 is 0. The summed E-state index contributed by atoms with van der Waals surface area (Å²) in [5, 5.41) is 4.93. The number of anilines is 6. The Bertz CT molecular complexity index is 3300. The van der Waals surface area contributed by atoms with E-state index in [4.69, 9.17) is 4.98 Å². The zero-order valence-electron chi connectivity index (χ0n) is 39.0. The number of hydrogen-bond donors (Lipinski definition) is 0. The number of hydrogen-bond acceptors (Lipinski definition) is 3. The SMILES string of the molecule is CC(C)(C)c1ccc(N2c3cc4ccccc4cc3B3c4cc5ccccc5cc4N(c4ccc(C(C)(C)C)cc4)c4cc(-c5cc(-c6ccccc6)nc(-c6ccccc6)c5)cc2c43)cc1. The fourth-order valence-corrected chi connectivity index (χ4v) is 10.5. The predicted molar refractivity (Wildman–Crippen MR) is 287 cm³/mol. The molecule has 0 atom stereocenters. The van der Waals surface area contributed by atoms with Crippen molar-refractivity contribution in [3.8, 4) is 33.6 Å². The first-order valence-corrected chi connectivity index (χ1v) is 23.6. The standard InChI is InChI=1S/C63H52BN3/c1-62(2,3)49-25-29-51(30-26-49)66-57-37-45-23-15-13-21-43(45)33-53(57)64-54-34-44-22-14-16-24-46(44)38-58(54)67(52-31-27-50(28-32-52)63(4,5)6)60-40-48(39-59(66)61(60)64)47-35-55(41-17-9-7-10-18-41)65-56(36-47)42-19-11-8-12-20-42/h7-40H,1-6H3. The average Bonchev–Trinajstić information content (AvgIpc) is 3.35. The maximum Gasteiger partial charge on any atom is 0.252 e. The minimum absolute atomic E-state index is 0.0164. The molecule has 0 amide bonds. The minimum atomic E-state index is -0.0364. The number of pyridine rings is 1. The third-order valence-electron chi connectivity index (χ3n) is 14.1. The Morgan fingerprint density at radius 3 is 1.09 bits per heavy atom. The molecule has 3 nitrogen and oxygen atoms in total. The van der Waals surface area contributed by atoms with E-state index in [1.165, 1.54) is 71.8 Å². The molecule has 0 saturated carbocycles. The molecular weight excluding hydrogens is 810 g/mol. The molecule has 322 valence electrons. The van der Waals surface area contributed by atoms with Gasteiger partial charge in [-0.1, -0.05) is 187 Å². The molecule has 1 aromatic heterocycles. The highest BCUT2D eigenvalue weighted by Crippen LogP contribution is 2.48. The Labute approximate surface area is 395 Å². The van der Waals surface area contributed by atoms with Crippen LogP contribution in [0, 0.1) is 0 Å². The Kier molecular flexibility index (Phi) is 9.41. The van der Waals surface area contributed by atoms with Gasteiger partial charge >= 0.3 is 0 Å². The van der Waals surface area contributed by atoms with Crippen LogP contribution in [-0.2, 0) is 10.8 Å². The molecule has 12 rings (SSSR count). The van der Waals surface area contributed by atoms with Crippen LogP contribution >= 0.6 is 0 Å². The Morgan fingerprint density at radius 1 is 0.343 bits per heavy atom. The van der Waals surface area contributed by atoms with Gasteiger partial charge < -0.3 is 9.80 Å². The molecule has 0 fully saturated rings. The van der Waals surface area contributed by atoms with Crippen LogP contribution in [0.4, 0.5) is 34.1 Å². The van der Waals surface area contributed by atoms with E-state index in [0.29, 0.717) is 0 Å². The van der Waals surface area contributed by atoms with Crippen molar-refractivity contribution < 1.29 is 0 Å². The van der Waals surface area contributed by atoms with E-state index >= 15 is 0 Å². The summed E-state index contributed by atoms with van der Waals surface area (Å²) in [6, 6.07) is 76.8. The van der Waals surface area contributed by atoms with Gasteiger partial charge in [0.05, 0.1) is 11.4 Å². The lowest BCUT2D eigenvalue weighted by molar-refractivity contribution is 0.590. The third-order valence-corrected chi connectivity index (χ3v) is 14.1. The molecule has 67 heavy (non-hydrogen) atoms. The second-order valence-corrected chi connectivity index (χ2v) is 20.5. The van der Waals surface area contributed by atoms with E-state index in [1.807, 2.05) is 0 Å². The molecule has 4 heteroatoms. The molecule has 0 saturated heterocycles. The predicted octanol–water partition coefficient (Wildman–Crippen LogP) is 15.1. The molecule has 0 radical (unpaired) electrons. The van der Waals surface area contributed by atoms with Crippen molar-refractivity contribution in [2.75, 3.05) is 9.80 Å². The maximum absolute atomic E-state index is 5.33. The highest BCUT2D eigenvalue weighted by molar-refractivity contribution is 7.00. The lowest BCUT2D eigenvalue weighted by Gasteiger charge is -2.45. The van der Waals surface area contributed by atoms with Crippen molar-refractivity contribution in [3.05, 3.63) is 217 Å². The van der Waals surface area contributed by atoms with Crippen LogP contribution in [0.15, 0.2) is 206 Å². The highest BCUT2D eigenvalue weighted by atomic mass is 15.2.